The van der Waals surface area contributed by atoms with Gasteiger partial charge in [-0.2, -0.15) is 0 Å². The number of aliphatic hydroxyl groups excluding tert-OH is 1. The van der Waals surface area contributed by atoms with E-state index in [9.17, 15) is 5.11 Å². The average molecular weight is 272 g/mol. The summed E-state index contributed by atoms with van der Waals surface area (Å²) in [6.07, 6.45) is -0.484. The summed E-state index contributed by atoms with van der Waals surface area (Å²) in [7, 11) is 4.10. The molecular formula is C17H24N2O. The second-order valence-corrected chi connectivity index (χ2v) is 5.60. The predicted molar refractivity (Wildman–Crippen MR) is 84.9 cm³/mol. The van der Waals surface area contributed by atoms with Crippen LogP contribution in [0.5, 0.6) is 0 Å². The first-order valence-corrected chi connectivity index (χ1v) is 7.13. The first kappa shape index (κ1) is 15.0. The Morgan fingerprint density at radius 1 is 1.10 bits per heavy atom. The van der Waals surface area contributed by atoms with Gasteiger partial charge in [0.2, 0.25) is 0 Å². The van der Waals surface area contributed by atoms with Gasteiger partial charge >= 0.3 is 0 Å². The topological polar surface area (TPSA) is 35.5 Å². The number of fused-ring (bicyclic) bond motifs is 1. The van der Waals surface area contributed by atoms with E-state index in [-0.39, 0.29) is 6.04 Å². The molecule has 0 saturated carbocycles. The molecule has 0 spiro atoms. The van der Waals surface area contributed by atoms with Crippen molar-refractivity contribution in [1.82, 2.24) is 10.2 Å². The van der Waals surface area contributed by atoms with Gasteiger partial charge in [0, 0.05) is 19.1 Å². The van der Waals surface area contributed by atoms with Gasteiger partial charge in [-0.3, -0.25) is 0 Å². The molecule has 2 aromatic carbocycles. The van der Waals surface area contributed by atoms with E-state index in [1.54, 1.807) is 0 Å². The van der Waals surface area contributed by atoms with Gasteiger partial charge in [0.05, 0.1) is 6.10 Å². The SMILES string of the molecule is CC(NCCN(C)C)C(O)c1ccc2ccccc2c1. The first-order valence-electron chi connectivity index (χ1n) is 7.13. The molecule has 3 nitrogen and oxygen atoms in total. The van der Waals surface area contributed by atoms with Gasteiger partial charge in [0.15, 0.2) is 0 Å². The van der Waals surface area contributed by atoms with Crippen LogP contribution in [0.15, 0.2) is 42.5 Å². The van der Waals surface area contributed by atoms with Crippen LogP contribution in [0.1, 0.15) is 18.6 Å². The molecular weight excluding hydrogens is 248 g/mol. The normalized spacial score (nSPS) is 14.7. The zero-order valence-corrected chi connectivity index (χ0v) is 12.5. The molecule has 20 heavy (non-hydrogen) atoms. The molecule has 2 aromatic rings. The molecule has 2 unspecified atom stereocenters. The Balaban J connectivity index is 2.04. The summed E-state index contributed by atoms with van der Waals surface area (Å²) < 4.78 is 0. The summed E-state index contributed by atoms with van der Waals surface area (Å²) in [6, 6.07) is 14.4. The third kappa shape index (κ3) is 3.79. The van der Waals surface area contributed by atoms with Crippen molar-refractivity contribution < 1.29 is 5.11 Å². The number of rotatable bonds is 6. The fourth-order valence-corrected chi connectivity index (χ4v) is 2.31. The summed E-state index contributed by atoms with van der Waals surface area (Å²) in [5, 5.41) is 16.2. The molecule has 0 aromatic heterocycles. The Morgan fingerprint density at radius 2 is 1.80 bits per heavy atom. The van der Waals surface area contributed by atoms with Gasteiger partial charge in [-0.25, -0.2) is 0 Å². The summed E-state index contributed by atoms with van der Waals surface area (Å²) in [5.41, 5.74) is 0.966. The van der Waals surface area contributed by atoms with Crippen molar-refractivity contribution in [3.8, 4) is 0 Å². The van der Waals surface area contributed by atoms with E-state index in [0.29, 0.717) is 0 Å². The molecule has 0 amide bonds. The van der Waals surface area contributed by atoms with Gasteiger partial charge < -0.3 is 15.3 Å². The van der Waals surface area contributed by atoms with E-state index in [2.05, 4.69) is 34.5 Å². The van der Waals surface area contributed by atoms with Crippen molar-refractivity contribution in [3.63, 3.8) is 0 Å². The molecule has 2 N–H and O–H groups in total. The van der Waals surface area contributed by atoms with Crippen molar-refractivity contribution in [3.05, 3.63) is 48.0 Å². The number of nitrogens with zero attached hydrogens (tertiary/aromatic N) is 1. The van der Waals surface area contributed by atoms with Gasteiger partial charge in [0.25, 0.3) is 0 Å². The minimum absolute atomic E-state index is 0.0381. The molecule has 0 heterocycles. The van der Waals surface area contributed by atoms with Crippen molar-refractivity contribution in [2.75, 3.05) is 27.2 Å². The summed E-state index contributed by atoms with van der Waals surface area (Å²) in [5.74, 6) is 0. The second-order valence-electron chi connectivity index (χ2n) is 5.60. The molecule has 0 saturated heterocycles. The van der Waals surface area contributed by atoms with Crippen LogP contribution in [0.4, 0.5) is 0 Å². The van der Waals surface area contributed by atoms with E-state index in [1.165, 1.54) is 10.8 Å². The number of aliphatic hydroxyl groups is 1. The Labute approximate surface area is 121 Å². The number of likely N-dealkylation sites (N-methyl/N-ethyl adjacent to an activating group) is 1. The molecule has 2 atom stereocenters. The fraction of sp³-hybridized carbons (Fsp3) is 0.412. The average Bonchev–Trinajstić information content (AvgIpc) is 2.45. The van der Waals surface area contributed by atoms with Crippen LogP contribution in [0.2, 0.25) is 0 Å². The van der Waals surface area contributed by atoms with Gasteiger partial charge in [0.1, 0.15) is 0 Å². The number of benzene rings is 2. The predicted octanol–water partition coefficient (Wildman–Crippen LogP) is 2.41. The highest BCUT2D eigenvalue weighted by atomic mass is 16.3. The minimum Gasteiger partial charge on any atom is -0.387 e. The maximum absolute atomic E-state index is 10.4. The minimum atomic E-state index is -0.484. The maximum Gasteiger partial charge on any atom is 0.0940 e. The van der Waals surface area contributed by atoms with Gasteiger partial charge in [-0.05, 0) is 43.4 Å². The molecule has 3 heteroatoms. The zero-order valence-electron chi connectivity index (χ0n) is 12.5. The summed E-state index contributed by atoms with van der Waals surface area (Å²) >= 11 is 0. The monoisotopic (exact) mass is 272 g/mol. The van der Waals surface area contributed by atoms with Crippen LogP contribution in [-0.4, -0.2) is 43.2 Å². The Hall–Kier alpha value is -1.42. The molecule has 0 bridgehead atoms. The first-order chi connectivity index (χ1) is 9.58. The lowest BCUT2D eigenvalue weighted by Gasteiger charge is -2.22. The highest BCUT2D eigenvalue weighted by molar-refractivity contribution is 5.83. The number of hydrogen-bond acceptors (Lipinski definition) is 3. The lowest BCUT2D eigenvalue weighted by molar-refractivity contribution is 0.135. The Bertz CT molecular complexity index is 553. The van der Waals surface area contributed by atoms with Gasteiger partial charge in [-0.1, -0.05) is 36.4 Å². The maximum atomic E-state index is 10.4. The van der Waals surface area contributed by atoms with Crippen molar-refractivity contribution >= 4 is 10.8 Å². The van der Waals surface area contributed by atoms with Crippen molar-refractivity contribution in [2.45, 2.75) is 19.1 Å². The fourth-order valence-electron chi connectivity index (χ4n) is 2.31. The van der Waals surface area contributed by atoms with Gasteiger partial charge in [-0.15, -0.1) is 0 Å². The summed E-state index contributed by atoms with van der Waals surface area (Å²) in [4.78, 5) is 2.13. The molecule has 0 aliphatic heterocycles. The smallest absolute Gasteiger partial charge is 0.0940 e. The van der Waals surface area contributed by atoms with E-state index in [4.69, 9.17) is 0 Å². The lowest BCUT2D eigenvalue weighted by Crippen LogP contribution is -2.36. The molecule has 0 aliphatic carbocycles. The van der Waals surface area contributed by atoms with E-state index in [1.807, 2.05) is 39.2 Å². The highest BCUT2D eigenvalue weighted by Crippen LogP contribution is 2.22. The van der Waals surface area contributed by atoms with Crippen LogP contribution >= 0.6 is 0 Å². The van der Waals surface area contributed by atoms with Crippen LogP contribution < -0.4 is 5.32 Å². The molecule has 108 valence electrons. The lowest BCUT2D eigenvalue weighted by atomic mass is 10.00. The van der Waals surface area contributed by atoms with Crippen LogP contribution in [0.25, 0.3) is 10.8 Å². The Morgan fingerprint density at radius 3 is 2.50 bits per heavy atom. The highest BCUT2D eigenvalue weighted by Gasteiger charge is 2.15. The van der Waals surface area contributed by atoms with E-state index >= 15 is 0 Å². The van der Waals surface area contributed by atoms with Crippen molar-refractivity contribution in [1.29, 1.82) is 0 Å². The van der Waals surface area contributed by atoms with Crippen LogP contribution in [0.3, 0.4) is 0 Å². The molecule has 0 radical (unpaired) electrons. The van der Waals surface area contributed by atoms with E-state index < -0.39 is 6.10 Å². The quantitative estimate of drug-likeness (QED) is 0.847. The molecule has 0 aliphatic rings. The second kappa shape index (κ2) is 6.84. The van der Waals surface area contributed by atoms with E-state index in [0.717, 1.165) is 18.7 Å². The third-order valence-electron chi connectivity index (χ3n) is 3.61. The largest absolute Gasteiger partial charge is 0.387 e. The van der Waals surface area contributed by atoms with Crippen LogP contribution in [-0.2, 0) is 0 Å². The van der Waals surface area contributed by atoms with Crippen molar-refractivity contribution in [2.24, 2.45) is 0 Å². The third-order valence-corrected chi connectivity index (χ3v) is 3.61. The molecule has 2 rings (SSSR count). The number of hydrogen-bond donors (Lipinski definition) is 2. The standard InChI is InChI=1S/C17H24N2O/c1-13(18-10-11-19(2)3)17(20)16-9-8-14-6-4-5-7-15(14)12-16/h4-9,12-13,17-18,20H,10-11H2,1-3H3. The summed E-state index contributed by atoms with van der Waals surface area (Å²) in [6.45, 7) is 3.86. The molecule has 0 fully saturated rings. The Kier molecular flexibility index (Phi) is 5.12. The number of nitrogens with one attached hydrogen (secondary N) is 1. The van der Waals surface area contributed by atoms with Crippen LogP contribution in [0, 0.1) is 0 Å². The zero-order chi connectivity index (χ0) is 14.5.